The molecular weight excluding hydrogens is 238 g/mol. The molecule has 1 unspecified atom stereocenters. The number of hydrogen-bond acceptors (Lipinski definition) is 3. The highest BCUT2D eigenvalue weighted by Crippen LogP contribution is 2.27. The molecule has 1 aliphatic heterocycles. The summed E-state index contributed by atoms with van der Waals surface area (Å²) in [5, 5.41) is 3.05. The number of likely N-dealkylation sites (tertiary alicyclic amines) is 1. The third-order valence-electron chi connectivity index (χ3n) is 4.85. The second-order valence-corrected chi connectivity index (χ2v) is 6.21. The van der Waals surface area contributed by atoms with Gasteiger partial charge in [-0.15, -0.1) is 0 Å². The highest BCUT2D eigenvalue weighted by Gasteiger charge is 2.36. The van der Waals surface area contributed by atoms with Crippen molar-refractivity contribution in [2.45, 2.75) is 69.9 Å². The van der Waals surface area contributed by atoms with Gasteiger partial charge in [0.05, 0.1) is 5.54 Å². The fourth-order valence-corrected chi connectivity index (χ4v) is 3.54. The van der Waals surface area contributed by atoms with Gasteiger partial charge in [0.25, 0.3) is 0 Å². The predicted molar refractivity (Wildman–Crippen MR) is 77.9 cm³/mol. The second-order valence-electron chi connectivity index (χ2n) is 6.21. The zero-order valence-electron chi connectivity index (χ0n) is 12.3. The van der Waals surface area contributed by atoms with Gasteiger partial charge in [-0.25, -0.2) is 0 Å². The quantitative estimate of drug-likeness (QED) is 0.796. The number of carbonyl (C=O) groups excluding carboxylic acids is 1. The molecule has 19 heavy (non-hydrogen) atoms. The summed E-state index contributed by atoms with van der Waals surface area (Å²) >= 11 is 0. The smallest absolute Gasteiger partial charge is 0.240 e. The summed E-state index contributed by atoms with van der Waals surface area (Å²) < 4.78 is 0. The Bertz CT molecular complexity index is 300. The molecule has 1 atom stereocenters. The summed E-state index contributed by atoms with van der Waals surface area (Å²) in [5.74, 6) is 0.0649. The van der Waals surface area contributed by atoms with Gasteiger partial charge in [0.15, 0.2) is 0 Å². The maximum absolute atomic E-state index is 12.1. The molecule has 0 aromatic heterocycles. The highest BCUT2D eigenvalue weighted by molar-refractivity contribution is 5.86. The first kappa shape index (κ1) is 14.8. The molecule has 1 saturated heterocycles. The Morgan fingerprint density at radius 1 is 1.32 bits per heavy atom. The van der Waals surface area contributed by atoms with E-state index < -0.39 is 5.54 Å². The molecule has 0 radical (unpaired) electrons. The lowest BCUT2D eigenvalue weighted by molar-refractivity contribution is -0.126. The summed E-state index contributed by atoms with van der Waals surface area (Å²) in [6.45, 7) is 5.16. The summed E-state index contributed by atoms with van der Waals surface area (Å²) in [6.07, 6.45) is 9.06. The number of nitrogens with two attached hydrogens (primary N) is 1. The normalized spacial score (nSPS) is 27.4. The molecule has 1 aliphatic carbocycles. The predicted octanol–water partition coefficient (Wildman–Crippen LogP) is 1.64. The third kappa shape index (κ3) is 3.69. The second kappa shape index (κ2) is 6.71. The molecule has 0 aromatic carbocycles. The summed E-state index contributed by atoms with van der Waals surface area (Å²) in [6, 6.07) is 0.712. The highest BCUT2D eigenvalue weighted by atomic mass is 16.2. The van der Waals surface area contributed by atoms with Crippen molar-refractivity contribution in [1.29, 1.82) is 0 Å². The van der Waals surface area contributed by atoms with Crippen molar-refractivity contribution in [3.05, 3.63) is 0 Å². The molecule has 2 rings (SSSR count). The van der Waals surface area contributed by atoms with Gasteiger partial charge in [-0.1, -0.05) is 26.2 Å². The monoisotopic (exact) mass is 267 g/mol. The molecule has 110 valence electrons. The number of amides is 1. The topological polar surface area (TPSA) is 58.4 Å². The largest absolute Gasteiger partial charge is 0.353 e. The van der Waals surface area contributed by atoms with Gasteiger partial charge in [0, 0.05) is 19.1 Å². The number of rotatable bonds is 5. The van der Waals surface area contributed by atoms with E-state index >= 15 is 0 Å². The average Bonchev–Trinajstić information content (AvgIpc) is 2.87. The van der Waals surface area contributed by atoms with Crippen LogP contribution in [0, 0.1) is 0 Å². The number of carbonyl (C=O) groups is 1. The van der Waals surface area contributed by atoms with Crippen molar-refractivity contribution in [1.82, 2.24) is 10.2 Å². The number of nitrogens with zero attached hydrogens (tertiary/aromatic N) is 1. The summed E-state index contributed by atoms with van der Waals surface area (Å²) in [5.41, 5.74) is 5.57. The molecular formula is C15H29N3O. The van der Waals surface area contributed by atoms with E-state index in [2.05, 4.69) is 17.1 Å². The van der Waals surface area contributed by atoms with E-state index in [1.807, 2.05) is 0 Å². The van der Waals surface area contributed by atoms with Crippen LogP contribution in [0.3, 0.4) is 0 Å². The van der Waals surface area contributed by atoms with E-state index in [9.17, 15) is 4.79 Å². The Morgan fingerprint density at radius 3 is 2.74 bits per heavy atom. The molecule has 0 aromatic rings. The van der Waals surface area contributed by atoms with Crippen LogP contribution in [0.25, 0.3) is 0 Å². The van der Waals surface area contributed by atoms with Gasteiger partial charge in [-0.2, -0.15) is 0 Å². The van der Waals surface area contributed by atoms with Crippen molar-refractivity contribution in [2.24, 2.45) is 5.73 Å². The Kier molecular flexibility index (Phi) is 5.22. The summed E-state index contributed by atoms with van der Waals surface area (Å²) in [7, 11) is 0. The first-order valence-corrected chi connectivity index (χ1v) is 7.97. The zero-order chi connectivity index (χ0) is 13.7. The van der Waals surface area contributed by atoms with Crippen LogP contribution in [0.15, 0.2) is 0 Å². The molecule has 1 heterocycles. The maximum atomic E-state index is 12.1. The van der Waals surface area contributed by atoms with E-state index in [-0.39, 0.29) is 5.91 Å². The van der Waals surface area contributed by atoms with E-state index in [1.165, 1.54) is 32.2 Å². The molecule has 0 spiro atoms. The Hall–Kier alpha value is -0.610. The maximum Gasteiger partial charge on any atom is 0.240 e. The van der Waals surface area contributed by atoms with Crippen molar-refractivity contribution in [3.8, 4) is 0 Å². The molecule has 4 nitrogen and oxygen atoms in total. The summed E-state index contributed by atoms with van der Waals surface area (Å²) in [4.78, 5) is 14.6. The fraction of sp³-hybridized carbons (Fsp3) is 0.933. The van der Waals surface area contributed by atoms with Gasteiger partial charge in [-0.05, 0) is 38.6 Å². The molecule has 3 N–H and O–H groups in total. The van der Waals surface area contributed by atoms with E-state index in [0.29, 0.717) is 6.04 Å². The first-order valence-electron chi connectivity index (χ1n) is 7.97. The van der Waals surface area contributed by atoms with E-state index in [4.69, 9.17) is 5.73 Å². The van der Waals surface area contributed by atoms with E-state index in [0.717, 1.165) is 38.8 Å². The van der Waals surface area contributed by atoms with Gasteiger partial charge >= 0.3 is 0 Å². The fourth-order valence-electron chi connectivity index (χ4n) is 3.54. The number of piperidine rings is 1. The molecule has 0 bridgehead atoms. The minimum atomic E-state index is -0.577. The van der Waals surface area contributed by atoms with Crippen molar-refractivity contribution >= 4 is 5.91 Å². The van der Waals surface area contributed by atoms with Crippen LogP contribution < -0.4 is 11.1 Å². The van der Waals surface area contributed by atoms with Crippen LogP contribution in [0.2, 0.25) is 0 Å². The van der Waals surface area contributed by atoms with Crippen molar-refractivity contribution in [2.75, 3.05) is 19.6 Å². The molecule has 2 aliphatic rings. The third-order valence-corrected chi connectivity index (χ3v) is 4.85. The zero-order valence-corrected chi connectivity index (χ0v) is 12.3. The molecule has 1 saturated carbocycles. The Balaban J connectivity index is 1.72. The van der Waals surface area contributed by atoms with Crippen LogP contribution >= 0.6 is 0 Å². The molecule has 2 fully saturated rings. The number of hydrogen-bond donors (Lipinski definition) is 2. The van der Waals surface area contributed by atoms with Crippen molar-refractivity contribution < 1.29 is 4.79 Å². The lowest BCUT2D eigenvalue weighted by Crippen LogP contribution is -2.53. The standard InChI is InChI=1S/C15H29N3O/c1-2-13-7-3-6-11-18(13)12-10-17-14(19)15(16)8-4-5-9-15/h13H,2-12,16H2,1H3,(H,17,19). The van der Waals surface area contributed by atoms with Crippen LogP contribution in [0.1, 0.15) is 58.3 Å². The van der Waals surface area contributed by atoms with Crippen LogP contribution in [-0.4, -0.2) is 42.0 Å². The van der Waals surface area contributed by atoms with Gasteiger partial charge in [-0.3, -0.25) is 9.69 Å². The Morgan fingerprint density at radius 2 is 2.05 bits per heavy atom. The van der Waals surface area contributed by atoms with Crippen LogP contribution in [0.5, 0.6) is 0 Å². The lowest BCUT2D eigenvalue weighted by Gasteiger charge is -2.35. The van der Waals surface area contributed by atoms with Gasteiger partial charge < -0.3 is 11.1 Å². The molecule has 1 amide bonds. The minimum absolute atomic E-state index is 0.0649. The van der Waals surface area contributed by atoms with Crippen molar-refractivity contribution in [3.63, 3.8) is 0 Å². The first-order chi connectivity index (χ1) is 9.15. The average molecular weight is 267 g/mol. The van der Waals surface area contributed by atoms with E-state index in [1.54, 1.807) is 0 Å². The molecule has 4 heteroatoms. The lowest BCUT2D eigenvalue weighted by atomic mass is 9.98. The van der Waals surface area contributed by atoms with Gasteiger partial charge in [0.1, 0.15) is 0 Å². The minimum Gasteiger partial charge on any atom is -0.353 e. The number of nitrogens with one attached hydrogen (secondary N) is 1. The van der Waals surface area contributed by atoms with Gasteiger partial charge in [0.2, 0.25) is 5.91 Å². The van der Waals surface area contributed by atoms with Crippen LogP contribution in [-0.2, 0) is 4.79 Å². The van der Waals surface area contributed by atoms with Crippen LogP contribution in [0.4, 0.5) is 0 Å². The Labute approximate surface area is 117 Å². The SMILES string of the molecule is CCC1CCCCN1CCNC(=O)C1(N)CCCC1.